The van der Waals surface area contributed by atoms with E-state index in [4.69, 9.17) is 4.42 Å². The van der Waals surface area contributed by atoms with Crippen molar-refractivity contribution in [2.75, 3.05) is 5.32 Å². The fourth-order valence-corrected chi connectivity index (χ4v) is 1.78. The molecule has 0 unspecified atom stereocenters. The van der Waals surface area contributed by atoms with E-state index in [1.807, 2.05) is 0 Å². The number of hydrogen-bond acceptors (Lipinski definition) is 5. The molecule has 7 heteroatoms. The van der Waals surface area contributed by atoms with E-state index in [1.54, 1.807) is 18.2 Å². The molecule has 3 rings (SSSR count). The maximum absolute atomic E-state index is 11.9. The molecule has 2 aromatic heterocycles. The van der Waals surface area contributed by atoms with Crippen LogP contribution in [0.4, 0.5) is 5.69 Å². The van der Waals surface area contributed by atoms with Gasteiger partial charge in [0.15, 0.2) is 12.0 Å². The summed E-state index contributed by atoms with van der Waals surface area (Å²) < 4.78 is 6.20. The molecule has 0 aliphatic carbocycles. The Morgan fingerprint density at radius 1 is 1.35 bits per heavy atom. The van der Waals surface area contributed by atoms with Gasteiger partial charge in [0.2, 0.25) is 5.91 Å². The Labute approximate surface area is 112 Å². The van der Waals surface area contributed by atoms with Crippen molar-refractivity contribution in [2.24, 2.45) is 0 Å². The predicted octanol–water partition coefficient (Wildman–Crippen LogP) is 1.02. The van der Waals surface area contributed by atoms with E-state index >= 15 is 0 Å². The van der Waals surface area contributed by atoms with E-state index in [1.165, 1.54) is 24.7 Å². The lowest BCUT2D eigenvalue weighted by Crippen LogP contribution is -2.28. The summed E-state index contributed by atoms with van der Waals surface area (Å²) in [5.74, 6) is -0.339. The van der Waals surface area contributed by atoms with E-state index < -0.39 is 0 Å². The van der Waals surface area contributed by atoms with Gasteiger partial charge in [0.05, 0.1) is 0 Å². The average molecular weight is 270 g/mol. The van der Waals surface area contributed by atoms with Gasteiger partial charge in [-0.05, 0) is 24.3 Å². The Morgan fingerprint density at radius 3 is 3.10 bits per heavy atom. The minimum absolute atomic E-state index is 0.142. The lowest BCUT2D eigenvalue weighted by Gasteiger charge is -2.05. The SMILES string of the molecule is O=C(Cn1ncccc1=O)Nc1ccc2ocnc2c1. The Hall–Kier alpha value is -2.96. The molecule has 1 N–H and O–H groups in total. The second-order valence-electron chi connectivity index (χ2n) is 4.10. The molecule has 1 amide bonds. The van der Waals surface area contributed by atoms with Crippen molar-refractivity contribution in [3.8, 4) is 0 Å². The zero-order chi connectivity index (χ0) is 13.9. The van der Waals surface area contributed by atoms with Gasteiger partial charge in [-0.2, -0.15) is 5.10 Å². The van der Waals surface area contributed by atoms with Crippen LogP contribution in [0.25, 0.3) is 11.1 Å². The first-order chi connectivity index (χ1) is 9.72. The Bertz CT molecular complexity index is 821. The third-order valence-electron chi connectivity index (χ3n) is 2.69. The van der Waals surface area contributed by atoms with Crippen molar-refractivity contribution in [1.29, 1.82) is 0 Å². The summed E-state index contributed by atoms with van der Waals surface area (Å²) in [6, 6.07) is 7.98. The number of nitrogens with zero attached hydrogens (tertiary/aromatic N) is 3. The van der Waals surface area contributed by atoms with Crippen LogP contribution in [-0.4, -0.2) is 20.7 Å². The van der Waals surface area contributed by atoms with Crippen LogP contribution in [0, 0.1) is 0 Å². The smallest absolute Gasteiger partial charge is 0.267 e. The number of oxazole rings is 1. The number of carbonyl (C=O) groups is 1. The van der Waals surface area contributed by atoms with Gasteiger partial charge in [0, 0.05) is 18.0 Å². The molecule has 0 aliphatic heterocycles. The van der Waals surface area contributed by atoms with Crippen molar-refractivity contribution in [3.05, 3.63) is 53.3 Å². The Balaban J connectivity index is 1.75. The molecule has 2 heterocycles. The van der Waals surface area contributed by atoms with Crippen molar-refractivity contribution in [1.82, 2.24) is 14.8 Å². The number of fused-ring (bicyclic) bond motifs is 1. The maximum Gasteiger partial charge on any atom is 0.267 e. The Kier molecular flexibility index (Phi) is 3.00. The molecule has 1 aromatic carbocycles. The van der Waals surface area contributed by atoms with Crippen LogP contribution in [0.2, 0.25) is 0 Å². The highest BCUT2D eigenvalue weighted by Crippen LogP contribution is 2.17. The quantitative estimate of drug-likeness (QED) is 0.767. The molecule has 100 valence electrons. The minimum Gasteiger partial charge on any atom is -0.443 e. The predicted molar refractivity (Wildman–Crippen MR) is 71.1 cm³/mol. The van der Waals surface area contributed by atoms with Crippen LogP contribution in [0.3, 0.4) is 0 Å². The standard InChI is InChI=1S/C13H10N4O3/c18-12(7-17-13(19)2-1-5-15-17)16-9-3-4-11-10(6-9)14-8-20-11/h1-6,8H,7H2,(H,16,18). The van der Waals surface area contributed by atoms with Gasteiger partial charge in [-0.25, -0.2) is 9.67 Å². The summed E-state index contributed by atoms with van der Waals surface area (Å²) in [6.45, 7) is -0.142. The van der Waals surface area contributed by atoms with Gasteiger partial charge in [0.1, 0.15) is 12.1 Å². The number of hydrogen-bond donors (Lipinski definition) is 1. The fourth-order valence-electron chi connectivity index (χ4n) is 1.78. The Morgan fingerprint density at radius 2 is 2.25 bits per heavy atom. The average Bonchev–Trinajstić information content (AvgIpc) is 2.89. The van der Waals surface area contributed by atoms with Gasteiger partial charge < -0.3 is 9.73 Å². The zero-order valence-electron chi connectivity index (χ0n) is 10.3. The number of nitrogens with one attached hydrogen (secondary N) is 1. The lowest BCUT2D eigenvalue weighted by atomic mass is 10.3. The van der Waals surface area contributed by atoms with E-state index in [0.29, 0.717) is 16.8 Å². The van der Waals surface area contributed by atoms with E-state index in [2.05, 4.69) is 15.4 Å². The van der Waals surface area contributed by atoms with E-state index in [0.717, 1.165) is 4.68 Å². The molecule has 0 atom stereocenters. The number of anilines is 1. The molecule has 0 radical (unpaired) electrons. The molecular weight excluding hydrogens is 260 g/mol. The summed E-state index contributed by atoms with van der Waals surface area (Å²) in [5, 5.41) is 6.50. The van der Waals surface area contributed by atoms with Crippen molar-refractivity contribution >= 4 is 22.7 Å². The number of benzene rings is 1. The summed E-state index contributed by atoms with van der Waals surface area (Å²) in [4.78, 5) is 27.3. The molecule has 0 saturated carbocycles. The molecule has 7 nitrogen and oxygen atoms in total. The molecule has 0 fully saturated rings. The first-order valence-electron chi connectivity index (χ1n) is 5.87. The fraction of sp³-hybridized carbons (Fsp3) is 0.0769. The third-order valence-corrected chi connectivity index (χ3v) is 2.69. The molecule has 0 bridgehead atoms. The highest BCUT2D eigenvalue weighted by Gasteiger charge is 2.07. The molecular formula is C13H10N4O3. The summed E-state index contributed by atoms with van der Waals surface area (Å²) in [7, 11) is 0. The lowest BCUT2D eigenvalue weighted by molar-refractivity contribution is -0.117. The van der Waals surface area contributed by atoms with Gasteiger partial charge in [-0.1, -0.05) is 0 Å². The summed E-state index contributed by atoms with van der Waals surface area (Å²) in [6.07, 6.45) is 2.79. The normalized spacial score (nSPS) is 10.6. The van der Waals surface area contributed by atoms with Gasteiger partial charge >= 0.3 is 0 Å². The third kappa shape index (κ3) is 2.41. The minimum atomic E-state index is -0.339. The largest absolute Gasteiger partial charge is 0.443 e. The van der Waals surface area contributed by atoms with Crippen LogP contribution in [0.15, 0.2) is 52.1 Å². The van der Waals surface area contributed by atoms with Crippen LogP contribution < -0.4 is 10.9 Å². The van der Waals surface area contributed by atoms with E-state index in [-0.39, 0.29) is 18.0 Å². The number of aromatic nitrogens is 3. The summed E-state index contributed by atoms with van der Waals surface area (Å²) >= 11 is 0. The van der Waals surface area contributed by atoms with Gasteiger partial charge in [-0.3, -0.25) is 9.59 Å². The topological polar surface area (TPSA) is 90.0 Å². The van der Waals surface area contributed by atoms with Crippen LogP contribution in [0.1, 0.15) is 0 Å². The molecule has 0 aliphatic rings. The number of amides is 1. The number of carbonyl (C=O) groups excluding carboxylic acids is 1. The molecule has 0 spiro atoms. The maximum atomic E-state index is 11.9. The number of rotatable bonds is 3. The second kappa shape index (κ2) is 4.96. The molecule has 20 heavy (non-hydrogen) atoms. The molecule has 0 saturated heterocycles. The highest BCUT2D eigenvalue weighted by molar-refractivity contribution is 5.92. The first kappa shape index (κ1) is 12.1. The summed E-state index contributed by atoms with van der Waals surface area (Å²) in [5.41, 5.74) is 1.55. The van der Waals surface area contributed by atoms with E-state index in [9.17, 15) is 9.59 Å². The monoisotopic (exact) mass is 270 g/mol. The van der Waals surface area contributed by atoms with Crippen molar-refractivity contribution in [2.45, 2.75) is 6.54 Å². The van der Waals surface area contributed by atoms with Crippen LogP contribution >= 0.6 is 0 Å². The van der Waals surface area contributed by atoms with Crippen molar-refractivity contribution < 1.29 is 9.21 Å². The second-order valence-corrected chi connectivity index (χ2v) is 4.10. The zero-order valence-corrected chi connectivity index (χ0v) is 10.3. The molecule has 3 aromatic rings. The van der Waals surface area contributed by atoms with Crippen LogP contribution in [0.5, 0.6) is 0 Å². The van der Waals surface area contributed by atoms with Crippen molar-refractivity contribution in [3.63, 3.8) is 0 Å². The van der Waals surface area contributed by atoms with Crippen LogP contribution in [-0.2, 0) is 11.3 Å². The van der Waals surface area contributed by atoms with Gasteiger partial charge in [-0.15, -0.1) is 0 Å². The first-order valence-corrected chi connectivity index (χ1v) is 5.87. The highest BCUT2D eigenvalue weighted by atomic mass is 16.3. The van der Waals surface area contributed by atoms with Gasteiger partial charge in [0.25, 0.3) is 5.56 Å².